The van der Waals surface area contributed by atoms with Gasteiger partial charge in [0.2, 0.25) is 6.57 Å². The van der Waals surface area contributed by atoms with Gasteiger partial charge in [0, 0.05) is 13.1 Å². The lowest BCUT2D eigenvalue weighted by atomic mass is 10.6. The Labute approximate surface area is 86.0 Å². The van der Waals surface area contributed by atoms with E-state index in [0.29, 0.717) is 13.1 Å². The van der Waals surface area contributed by atoms with E-state index >= 15 is 0 Å². The Bertz CT molecular complexity index is 246. The predicted octanol–water partition coefficient (Wildman–Crippen LogP) is 1.67. The summed E-state index contributed by atoms with van der Waals surface area (Å²) in [6.45, 7) is -2.52. The van der Waals surface area contributed by atoms with Gasteiger partial charge in [-0.15, -0.1) is 0 Å². The fourth-order valence-electron chi connectivity index (χ4n) is 1.16. The summed E-state index contributed by atoms with van der Waals surface area (Å²) in [4.78, 5) is 0. The molecular formula is C6H12F3N2OPS. The van der Waals surface area contributed by atoms with Crippen molar-refractivity contribution in [3.8, 4) is 0 Å². The second-order valence-corrected chi connectivity index (χ2v) is 7.17. The average molecular weight is 248 g/mol. The molecule has 0 spiro atoms. The summed E-state index contributed by atoms with van der Waals surface area (Å²) >= 11 is 5.12. The van der Waals surface area contributed by atoms with E-state index in [2.05, 4.69) is 0 Å². The zero-order chi connectivity index (χ0) is 11.0. The molecule has 1 saturated heterocycles. The van der Waals surface area contributed by atoms with Crippen LogP contribution in [0.15, 0.2) is 0 Å². The first-order valence-electron chi connectivity index (χ1n) is 4.00. The standard InChI is InChI=1S/C6H12F3N2OPS/c1-10-3-4-11(2)13(10,14)12-5-6(7,8)9/h3-5H2,1-2H3. The first-order valence-corrected chi connectivity index (χ1v) is 6.63. The molecule has 1 heterocycles. The Kier molecular flexibility index (Phi) is 3.59. The number of hydrogen-bond donors (Lipinski definition) is 0. The van der Waals surface area contributed by atoms with Crippen molar-refractivity contribution < 1.29 is 17.7 Å². The Balaban J connectivity index is 2.62. The molecule has 1 aliphatic rings. The summed E-state index contributed by atoms with van der Waals surface area (Å²) in [6.07, 6.45) is -4.31. The number of nitrogens with zero attached hydrogens (tertiary/aromatic N) is 2. The van der Waals surface area contributed by atoms with E-state index in [1.165, 1.54) is 0 Å². The maximum Gasteiger partial charge on any atom is 0.412 e. The van der Waals surface area contributed by atoms with Crippen LogP contribution in [0.3, 0.4) is 0 Å². The van der Waals surface area contributed by atoms with Gasteiger partial charge in [0.25, 0.3) is 0 Å². The van der Waals surface area contributed by atoms with Crippen LogP contribution in [0.1, 0.15) is 0 Å². The number of hydrogen-bond acceptors (Lipinski definition) is 2. The molecule has 0 atom stereocenters. The second-order valence-electron chi connectivity index (χ2n) is 3.14. The van der Waals surface area contributed by atoms with E-state index < -0.39 is 19.3 Å². The lowest BCUT2D eigenvalue weighted by molar-refractivity contribution is -0.153. The summed E-state index contributed by atoms with van der Waals surface area (Å²) in [5.74, 6) is 0. The normalized spacial score (nSPS) is 24.4. The Morgan fingerprint density at radius 2 is 1.71 bits per heavy atom. The van der Waals surface area contributed by atoms with Gasteiger partial charge >= 0.3 is 6.18 Å². The van der Waals surface area contributed by atoms with E-state index in [-0.39, 0.29) is 0 Å². The molecule has 0 N–H and O–H groups in total. The first-order chi connectivity index (χ1) is 6.26. The highest BCUT2D eigenvalue weighted by Crippen LogP contribution is 2.56. The highest BCUT2D eigenvalue weighted by molar-refractivity contribution is 8.10. The van der Waals surface area contributed by atoms with Crippen molar-refractivity contribution in [3.63, 3.8) is 0 Å². The molecule has 1 rings (SSSR count). The SMILES string of the molecule is CN1CCN(C)P1(=S)OCC(F)(F)F. The van der Waals surface area contributed by atoms with Crippen molar-refractivity contribution in [2.45, 2.75) is 6.18 Å². The third-order valence-corrected chi connectivity index (χ3v) is 6.59. The van der Waals surface area contributed by atoms with Crippen molar-refractivity contribution in [1.29, 1.82) is 0 Å². The van der Waals surface area contributed by atoms with Crippen LogP contribution in [-0.2, 0) is 16.3 Å². The molecule has 0 aliphatic carbocycles. The van der Waals surface area contributed by atoms with Crippen LogP contribution in [0.2, 0.25) is 0 Å². The highest BCUT2D eigenvalue weighted by Gasteiger charge is 2.39. The fraction of sp³-hybridized carbons (Fsp3) is 1.00. The maximum absolute atomic E-state index is 11.9. The topological polar surface area (TPSA) is 15.7 Å². The molecule has 0 aromatic carbocycles. The van der Waals surface area contributed by atoms with E-state index in [1.54, 1.807) is 23.4 Å². The second kappa shape index (κ2) is 4.06. The molecule has 3 nitrogen and oxygen atoms in total. The van der Waals surface area contributed by atoms with Gasteiger partial charge < -0.3 is 4.52 Å². The van der Waals surface area contributed by atoms with E-state index in [1.807, 2.05) is 0 Å². The summed E-state index contributed by atoms with van der Waals surface area (Å²) in [5.41, 5.74) is 0. The third-order valence-electron chi connectivity index (χ3n) is 2.01. The molecule has 1 fully saturated rings. The smallest absolute Gasteiger partial charge is 0.317 e. The molecule has 0 radical (unpaired) electrons. The van der Waals surface area contributed by atoms with Crippen LogP contribution in [0.5, 0.6) is 0 Å². The minimum atomic E-state index is -4.31. The van der Waals surface area contributed by atoms with Crippen molar-refractivity contribution in [2.75, 3.05) is 33.8 Å². The predicted molar refractivity (Wildman–Crippen MR) is 51.6 cm³/mol. The summed E-state index contributed by atoms with van der Waals surface area (Å²) in [5, 5.41) is 0. The van der Waals surface area contributed by atoms with Crippen LogP contribution < -0.4 is 0 Å². The number of alkyl halides is 3. The zero-order valence-electron chi connectivity index (χ0n) is 7.91. The van der Waals surface area contributed by atoms with Crippen LogP contribution in [0.25, 0.3) is 0 Å². The molecule has 84 valence electrons. The van der Waals surface area contributed by atoms with E-state index in [9.17, 15) is 13.2 Å². The molecule has 0 unspecified atom stereocenters. The average Bonchev–Trinajstić information content (AvgIpc) is 2.29. The molecule has 0 aromatic rings. The molecule has 0 aromatic heterocycles. The van der Waals surface area contributed by atoms with Gasteiger partial charge in [-0.1, -0.05) is 0 Å². The first kappa shape index (κ1) is 12.4. The molecule has 0 bridgehead atoms. The van der Waals surface area contributed by atoms with E-state index in [0.717, 1.165) is 0 Å². The number of halogens is 3. The number of likely N-dealkylation sites (N-methyl/N-ethyl adjacent to an activating group) is 2. The van der Waals surface area contributed by atoms with Gasteiger partial charge in [0.05, 0.1) is 0 Å². The van der Waals surface area contributed by atoms with Gasteiger partial charge in [0.1, 0.15) is 0 Å². The van der Waals surface area contributed by atoms with Gasteiger partial charge in [-0.3, -0.25) is 0 Å². The summed E-state index contributed by atoms with van der Waals surface area (Å²) in [7, 11) is 3.39. The number of rotatable bonds is 2. The Morgan fingerprint density at radius 3 is 2.07 bits per heavy atom. The van der Waals surface area contributed by atoms with Crippen LogP contribution >= 0.6 is 6.57 Å². The Morgan fingerprint density at radius 1 is 1.29 bits per heavy atom. The van der Waals surface area contributed by atoms with Crippen molar-refractivity contribution >= 4 is 18.4 Å². The summed E-state index contributed by atoms with van der Waals surface area (Å²) in [6, 6.07) is 0. The Hall–Kier alpha value is 0.320. The minimum absolute atomic E-state index is 0.658. The third kappa shape index (κ3) is 2.67. The monoisotopic (exact) mass is 248 g/mol. The summed E-state index contributed by atoms with van der Waals surface area (Å²) < 4.78 is 44.0. The maximum atomic E-state index is 11.9. The minimum Gasteiger partial charge on any atom is -0.317 e. The van der Waals surface area contributed by atoms with Crippen molar-refractivity contribution in [1.82, 2.24) is 9.34 Å². The van der Waals surface area contributed by atoms with Gasteiger partial charge in [-0.2, -0.15) is 13.2 Å². The van der Waals surface area contributed by atoms with E-state index in [4.69, 9.17) is 16.3 Å². The highest BCUT2D eigenvalue weighted by atomic mass is 32.5. The van der Waals surface area contributed by atoms with Gasteiger partial charge in [-0.25, -0.2) is 9.34 Å². The van der Waals surface area contributed by atoms with Crippen molar-refractivity contribution in [3.05, 3.63) is 0 Å². The molecular weight excluding hydrogens is 236 g/mol. The van der Waals surface area contributed by atoms with Crippen molar-refractivity contribution in [2.24, 2.45) is 0 Å². The molecule has 0 saturated carbocycles. The van der Waals surface area contributed by atoms with Crippen LogP contribution in [0.4, 0.5) is 13.2 Å². The van der Waals surface area contributed by atoms with Crippen LogP contribution in [-0.4, -0.2) is 49.3 Å². The zero-order valence-corrected chi connectivity index (χ0v) is 9.62. The molecule has 1 aliphatic heterocycles. The lowest BCUT2D eigenvalue weighted by Crippen LogP contribution is -2.22. The largest absolute Gasteiger partial charge is 0.412 e. The quantitative estimate of drug-likeness (QED) is 0.690. The van der Waals surface area contributed by atoms with Gasteiger partial charge in [0.15, 0.2) is 6.61 Å². The lowest BCUT2D eigenvalue weighted by Gasteiger charge is -2.29. The molecule has 8 heteroatoms. The molecule has 0 amide bonds. The van der Waals surface area contributed by atoms with Gasteiger partial charge in [-0.05, 0) is 25.9 Å². The van der Waals surface area contributed by atoms with Crippen LogP contribution in [0, 0.1) is 0 Å². The molecule has 14 heavy (non-hydrogen) atoms. The fourth-order valence-corrected chi connectivity index (χ4v) is 3.72.